The molecule has 0 aromatic heterocycles. The van der Waals surface area contributed by atoms with Crippen molar-refractivity contribution in [2.24, 2.45) is 0 Å². The van der Waals surface area contributed by atoms with Crippen molar-refractivity contribution in [3.8, 4) is 0 Å². The average molecular weight is 143 g/mol. The number of hydrogen-bond donors (Lipinski definition) is 0. The summed E-state index contributed by atoms with van der Waals surface area (Å²) < 4.78 is 15.5. The van der Waals surface area contributed by atoms with Crippen LogP contribution < -0.4 is 0 Å². The molecule has 0 aromatic carbocycles. The molecule has 9 heavy (non-hydrogen) atoms. The average Bonchev–Trinajstić information content (AvgIpc) is 1.21. The van der Waals surface area contributed by atoms with E-state index >= 15 is 0 Å². The molecular weight excluding hydrogens is 134 g/mol. The van der Waals surface area contributed by atoms with Gasteiger partial charge in [-0.2, -0.15) is 0 Å². The Morgan fingerprint density at radius 2 is 1.78 bits per heavy atom. The van der Waals surface area contributed by atoms with Crippen molar-refractivity contribution in [1.29, 1.82) is 0 Å². The van der Waals surface area contributed by atoms with Gasteiger partial charge >= 0.3 is 6.22 Å². The van der Waals surface area contributed by atoms with Crippen LogP contribution in [0.4, 0.5) is 9.18 Å². The monoisotopic (exact) mass is 143 g/mol. The van der Waals surface area contributed by atoms with E-state index < -0.39 is 11.8 Å². The van der Waals surface area contributed by atoms with Gasteiger partial charge in [-0.15, -0.1) is 4.39 Å². The Labute approximate surface area is 76.1 Å². The summed E-state index contributed by atoms with van der Waals surface area (Å²) in [5, 5.41) is 0. The zero-order valence-electron chi connectivity index (χ0n) is 6.19. The van der Waals surface area contributed by atoms with E-state index in [4.69, 9.17) is 0 Å². The Morgan fingerprint density at radius 1 is 1.44 bits per heavy atom. The van der Waals surface area contributed by atoms with Crippen molar-refractivity contribution >= 4 is 35.8 Å². The van der Waals surface area contributed by atoms with Crippen molar-refractivity contribution in [3.05, 3.63) is 0 Å². The van der Waals surface area contributed by atoms with Crippen LogP contribution in [0.3, 0.4) is 0 Å². The topological polar surface area (TPSA) is 26.3 Å². The molecule has 0 heterocycles. The molecule has 2 nitrogen and oxygen atoms in total. The zero-order valence-corrected chi connectivity index (χ0v) is 8.19. The molecular formula is C5H9FNaO2. The Balaban J connectivity index is 0. The van der Waals surface area contributed by atoms with Crippen LogP contribution in [-0.4, -0.2) is 41.4 Å². The molecule has 4 heteroatoms. The fourth-order valence-electron chi connectivity index (χ4n) is 0.241. The number of hydrogen-bond acceptors (Lipinski definition) is 2. The van der Waals surface area contributed by atoms with Crippen LogP contribution in [0, 0.1) is 0 Å². The van der Waals surface area contributed by atoms with E-state index in [2.05, 4.69) is 4.74 Å². The second kappa shape index (κ2) is 4.25. The van der Waals surface area contributed by atoms with Crippen LogP contribution in [0.2, 0.25) is 0 Å². The quantitative estimate of drug-likeness (QED) is 0.379. The molecule has 0 unspecified atom stereocenters. The van der Waals surface area contributed by atoms with E-state index in [1.807, 2.05) is 0 Å². The fourth-order valence-corrected chi connectivity index (χ4v) is 0.241. The van der Waals surface area contributed by atoms with E-state index in [-0.39, 0.29) is 29.6 Å². The molecule has 0 saturated carbocycles. The predicted molar refractivity (Wildman–Crippen MR) is 33.1 cm³/mol. The van der Waals surface area contributed by atoms with E-state index in [1.54, 1.807) is 20.8 Å². The van der Waals surface area contributed by atoms with Crippen molar-refractivity contribution in [2.45, 2.75) is 26.4 Å². The summed E-state index contributed by atoms with van der Waals surface area (Å²) in [6, 6.07) is 0. The molecule has 0 fully saturated rings. The Kier molecular flexibility index (Phi) is 5.72. The van der Waals surface area contributed by atoms with Gasteiger partial charge in [0.15, 0.2) is 0 Å². The smallest absolute Gasteiger partial charge is 0.435 e. The number of rotatable bonds is 0. The summed E-state index contributed by atoms with van der Waals surface area (Å²) in [4.78, 5) is 9.57. The molecule has 0 atom stereocenters. The van der Waals surface area contributed by atoms with Crippen LogP contribution in [0.1, 0.15) is 20.8 Å². The minimum absolute atomic E-state index is 0. The first-order valence-electron chi connectivity index (χ1n) is 2.30. The molecule has 0 aliphatic carbocycles. The minimum atomic E-state index is -1.72. The van der Waals surface area contributed by atoms with Gasteiger partial charge < -0.3 is 4.74 Å². The van der Waals surface area contributed by atoms with Gasteiger partial charge in [0.05, 0.1) is 0 Å². The third-order valence-corrected chi connectivity index (χ3v) is 0.386. The molecule has 0 aromatic rings. The first kappa shape index (κ1) is 12.1. The standard InChI is InChI=1S/C5H9FO2.Na/c1-5(2,3)8-4(6)7;/h1-3H3;. The number of carbonyl (C=O) groups is 1. The zero-order chi connectivity index (χ0) is 6.78. The van der Waals surface area contributed by atoms with E-state index in [0.29, 0.717) is 0 Å². The molecule has 0 spiro atoms. The first-order chi connectivity index (χ1) is 3.42. The summed E-state index contributed by atoms with van der Waals surface area (Å²) in [7, 11) is 0. The van der Waals surface area contributed by atoms with Crippen LogP contribution in [0.25, 0.3) is 0 Å². The van der Waals surface area contributed by atoms with E-state index in [9.17, 15) is 9.18 Å². The SMILES string of the molecule is CC(C)(C)OC(=O)F.[Na]. The Bertz CT molecular complexity index is 97.6. The van der Waals surface area contributed by atoms with Crippen molar-refractivity contribution in [2.75, 3.05) is 0 Å². The molecule has 0 amide bonds. The van der Waals surface area contributed by atoms with Gasteiger partial charge in [-0.1, -0.05) is 0 Å². The molecule has 49 valence electrons. The second-order valence-corrected chi connectivity index (χ2v) is 2.45. The Morgan fingerprint density at radius 3 is 1.78 bits per heavy atom. The Hall–Kier alpha value is 0.400. The predicted octanol–water partition coefficient (Wildman–Crippen LogP) is 1.51. The third-order valence-electron chi connectivity index (χ3n) is 0.386. The van der Waals surface area contributed by atoms with Gasteiger partial charge in [-0.25, -0.2) is 4.79 Å². The second-order valence-electron chi connectivity index (χ2n) is 2.45. The fraction of sp³-hybridized carbons (Fsp3) is 0.800. The third kappa shape index (κ3) is 11.8. The van der Waals surface area contributed by atoms with Gasteiger partial charge in [-0.3, -0.25) is 0 Å². The molecule has 0 bridgehead atoms. The normalized spacial score (nSPS) is 9.78. The van der Waals surface area contributed by atoms with Gasteiger partial charge in [0.2, 0.25) is 0 Å². The van der Waals surface area contributed by atoms with E-state index in [1.165, 1.54) is 0 Å². The first-order valence-corrected chi connectivity index (χ1v) is 2.30. The molecule has 0 N–H and O–H groups in total. The summed E-state index contributed by atoms with van der Waals surface area (Å²) in [5.74, 6) is 0. The number of halogens is 1. The maximum atomic E-state index is 11.3. The van der Waals surface area contributed by atoms with Crippen LogP contribution in [0.5, 0.6) is 0 Å². The van der Waals surface area contributed by atoms with Crippen LogP contribution in [-0.2, 0) is 4.74 Å². The summed E-state index contributed by atoms with van der Waals surface area (Å²) in [6.45, 7) is 4.80. The molecule has 0 saturated heterocycles. The minimum Gasteiger partial charge on any atom is -0.435 e. The van der Waals surface area contributed by atoms with Gasteiger partial charge in [0.25, 0.3) is 0 Å². The number of ether oxygens (including phenoxy) is 1. The number of carbonyl (C=O) groups excluding carboxylic acids is 1. The van der Waals surface area contributed by atoms with E-state index in [0.717, 1.165) is 0 Å². The molecule has 1 radical (unpaired) electrons. The van der Waals surface area contributed by atoms with Crippen molar-refractivity contribution < 1.29 is 13.9 Å². The van der Waals surface area contributed by atoms with Gasteiger partial charge in [-0.05, 0) is 20.8 Å². The molecule has 0 aliphatic rings. The van der Waals surface area contributed by atoms with Crippen LogP contribution >= 0.6 is 0 Å². The van der Waals surface area contributed by atoms with Crippen molar-refractivity contribution in [3.63, 3.8) is 0 Å². The molecule has 0 aliphatic heterocycles. The largest absolute Gasteiger partial charge is 0.495 e. The van der Waals surface area contributed by atoms with Crippen LogP contribution in [0.15, 0.2) is 0 Å². The maximum absolute atomic E-state index is 11.3. The van der Waals surface area contributed by atoms with Gasteiger partial charge in [0, 0.05) is 29.6 Å². The van der Waals surface area contributed by atoms with Gasteiger partial charge in [0.1, 0.15) is 5.60 Å². The summed E-state index contributed by atoms with van der Waals surface area (Å²) in [5.41, 5.74) is -0.703. The molecule has 0 rings (SSSR count). The van der Waals surface area contributed by atoms with Crippen molar-refractivity contribution in [1.82, 2.24) is 0 Å². The summed E-state index contributed by atoms with van der Waals surface area (Å²) >= 11 is 0. The maximum Gasteiger partial charge on any atom is 0.495 e. The summed E-state index contributed by atoms with van der Waals surface area (Å²) in [6.07, 6.45) is -1.72.